The van der Waals surface area contributed by atoms with E-state index >= 15 is 0 Å². The Bertz CT molecular complexity index is 1060. The second-order valence-corrected chi connectivity index (χ2v) is 8.61. The average molecular weight is 466 g/mol. The van der Waals surface area contributed by atoms with Gasteiger partial charge >= 0.3 is 0 Å². The van der Waals surface area contributed by atoms with Crippen molar-refractivity contribution in [1.29, 1.82) is 0 Å². The maximum absolute atomic E-state index is 12.9. The number of rotatable bonds is 8. The van der Waals surface area contributed by atoms with Crippen molar-refractivity contribution in [1.82, 2.24) is 10.2 Å². The number of amides is 2. The lowest BCUT2D eigenvalue weighted by Crippen LogP contribution is -2.43. The van der Waals surface area contributed by atoms with Crippen molar-refractivity contribution in [3.8, 4) is 5.75 Å². The Balaban J connectivity index is 1.43. The zero-order chi connectivity index (χ0) is 23.0. The van der Waals surface area contributed by atoms with Gasteiger partial charge in [0.2, 0.25) is 0 Å². The van der Waals surface area contributed by atoms with Gasteiger partial charge in [0.15, 0.2) is 0 Å². The molecule has 2 heterocycles. The molecule has 7 nitrogen and oxygen atoms in total. The lowest BCUT2D eigenvalue weighted by atomic mass is 10.0. The molecule has 0 radical (unpaired) electrons. The van der Waals surface area contributed by atoms with Gasteiger partial charge in [0, 0.05) is 30.9 Å². The van der Waals surface area contributed by atoms with Crippen molar-refractivity contribution in [2.24, 2.45) is 0 Å². The summed E-state index contributed by atoms with van der Waals surface area (Å²) in [4.78, 5) is 28.2. The normalized spacial score (nSPS) is 14.9. The minimum Gasteiger partial charge on any atom is -0.497 e. The summed E-state index contributed by atoms with van der Waals surface area (Å²) in [5, 5.41) is 7.77. The number of ether oxygens (including phenoxy) is 2. The highest BCUT2D eigenvalue weighted by atomic mass is 32.1. The van der Waals surface area contributed by atoms with E-state index in [0.29, 0.717) is 35.9 Å². The van der Waals surface area contributed by atoms with E-state index in [0.717, 1.165) is 24.4 Å². The smallest absolute Gasteiger partial charge is 0.265 e. The van der Waals surface area contributed by atoms with Crippen molar-refractivity contribution in [2.45, 2.75) is 6.04 Å². The molecule has 1 unspecified atom stereocenters. The van der Waals surface area contributed by atoms with Crippen molar-refractivity contribution in [3.63, 3.8) is 0 Å². The predicted molar refractivity (Wildman–Crippen MR) is 129 cm³/mol. The van der Waals surface area contributed by atoms with Crippen molar-refractivity contribution in [2.75, 3.05) is 45.3 Å². The van der Waals surface area contributed by atoms with Gasteiger partial charge in [-0.2, -0.15) is 0 Å². The quantitative estimate of drug-likeness (QED) is 0.529. The minimum absolute atomic E-state index is 0.0190. The summed E-state index contributed by atoms with van der Waals surface area (Å²) in [5.74, 6) is 0.424. The zero-order valence-electron chi connectivity index (χ0n) is 18.5. The van der Waals surface area contributed by atoms with Crippen LogP contribution in [0, 0.1) is 0 Å². The van der Waals surface area contributed by atoms with E-state index < -0.39 is 0 Å². The Labute approximate surface area is 197 Å². The van der Waals surface area contributed by atoms with Crippen LogP contribution in [-0.4, -0.2) is 56.7 Å². The molecule has 172 valence electrons. The van der Waals surface area contributed by atoms with Crippen LogP contribution < -0.4 is 15.4 Å². The molecule has 2 aromatic carbocycles. The fourth-order valence-electron chi connectivity index (χ4n) is 3.80. The van der Waals surface area contributed by atoms with Gasteiger partial charge in [-0.15, -0.1) is 11.3 Å². The van der Waals surface area contributed by atoms with Crippen molar-refractivity contribution in [3.05, 3.63) is 82.0 Å². The summed E-state index contributed by atoms with van der Waals surface area (Å²) < 4.78 is 10.8. The molecule has 0 spiro atoms. The van der Waals surface area contributed by atoms with Gasteiger partial charge < -0.3 is 20.1 Å². The van der Waals surface area contributed by atoms with Crippen molar-refractivity contribution < 1.29 is 19.1 Å². The molecular weight excluding hydrogens is 438 g/mol. The Morgan fingerprint density at radius 3 is 2.55 bits per heavy atom. The molecule has 33 heavy (non-hydrogen) atoms. The molecule has 1 aromatic heterocycles. The summed E-state index contributed by atoms with van der Waals surface area (Å²) in [7, 11) is 1.64. The Morgan fingerprint density at radius 1 is 1.06 bits per heavy atom. The van der Waals surface area contributed by atoms with Gasteiger partial charge in [-0.1, -0.05) is 24.3 Å². The molecule has 0 aliphatic carbocycles. The molecule has 2 N–H and O–H groups in total. The van der Waals surface area contributed by atoms with Crippen LogP contribution in [0.5, 0.6) is 5.75 Å². The van der Waals surface area contributed by atoms with E-state index in [1.807, 2.05) is 35.7 Å². The first kappa shape index (κ1) is 23.0. The average Bonchev–Trinajstić information content (AvgIpc) is 3.41. The molecule has 1 aliphatic rings. The maximum Gasteiger partial charge on any atom is 0.265 e. The summed E-state index contributed by atoms with van der Waals surface area (Å²) in [5.41, 5.74) is 2.19. The molecule has 1 fully saturated rings. The number of nitrogens with zero attached hydrogens (tertiary/aromatic N) is 1. The third kappa shape index (κ3) is 5.98. The highest BCUT2D eigenvalue weighted by Crippen LogP contribution is 2.24. The van der Waals surface area contributed by atoms with Crippen LogP contribution in [0.3, 0.4) is 0 Å². The van der Waals surface area contributed by atoms with Crippen LogP contribution in [0.4, 0.5) is 5.69 Å². The van der Waals surface area contributed by atoms with Crippen LogP contribution >= 0.6 is 11.3 Å². The number of morpholine rings is 1. The molecule has 3 aromatic rings. The number of hydrogen-bond donors (Lipinski definition) is 2. The van der Waals surface area contributed by atoms with Crippen LogP contribution in [0.15, 0.2) is 66.0 Å². The number of hydrogen-bond acceptors (Lipinski definition) is 6. The largest absolute Gasteiger partial charge is 0.497 e. The predicted octanol–water partition coefficient (Wildman–Crippen LogP) is 3.81. The molecule has 2 amide bonds. The highest BCUT2D eigenvalue weighted by Gasteiger charge is 2.23. The van der Waals surface area contributed by atoms with E-state index in [-0.39, 0.29) is 17.9 Å². The second kappa shape index (κ2) is 11.1. The third-order valence-electron chi connectivity index (χ3n) is 5.57. The van der Waals surface area contributed by atoms with E-state index in [1.165, 1.54) is 11.3 Å². The lowest BCUT2D eigenvalue weighted by molar-refractivity contribution is 0.0162. The summed E-state index contributed by atoms with van der Waals surface area (Å²) >= 11 is 1.37. The van der Waals surface area contributed by atoms with E-state index in [1.54, 1.807) is 37.4 Å². The number of anilines is 1. The molecule has 1 saturated heterocycles. The van der Waals surface area contributed by atoms with Gasteiger partial charge in [-0.05, 0) is 47.3 Å². The number of methoxy groups -OCH3 is 1. The van der Waals surface area contributed by atoms with E-state index in [4.69, 9.17) is 9.47 Å². The number of benzene rings is 2. The zero-order valence-corrected chi connectivity index (χ0v) is 19.3. The Hall–Kier alpha value is -3.20. The lowest BCUT2D eigenvalue weighted by Gasteiger charge is -2.35. The van der Waals surface area contributed by atoms with Gasteiger partial charge in [0.1, 0.15) is 5.75 Å². The number of carbonyl (C=O) groups excluding carboxylic acids is 2. The van der Waals surface area contributed by atoms with Crippen LogP contribution in [-0.2, 0) is 4.74 Å². The Kier molecular flexibility index (Phi) is 7.72. The fraction of sp³-hybridized carbons (Fsp3) is 0.280. The minimum atomic E-state index is -0.186. The van der Waals surface area contributed by atoms with Crippen LogP contribution in [0.2, 0.25) is 0 Å². The van der Waals surface area contributed by atoms with Gasteiger partial charge in [-0.25, -0.2) is 0 Å². The third-order valence-corrected chi connectivity index (χ3v) is 6.44. The SMILES string of the molecule is COc1ccc(C(CNC(=O)c2cccc(NC(=O)c3cccs3)c2)N2CCOCC2)cc1. The monoisotopic (exact) mass is 465 g/mol. The molecule has 0 saturated carbocycles. The number of nitrogens with one attached hydrogen (secondary N) is 2. The Morgan fingerprint density at radius 2 is 1.85 bits per heavy atom. The van der Waals surface area contributed by atoms with Crippen LogP contribution in [0.25, 0.3) is 0 Å². The van der Waals surface area contributed by atoms with Gasteiger partial charge in [0.05, 0.1) is 31.2 Å². The topological polar surface area (TPSA) is 79.9 Å². The summed E-state index contributed by atoms with van der Waals surface area (Å²) in [6, 6.07) is 18.5. The number of carbonyl (C=O) groups is 2. The van der Waals surface area contributed by atoms with Crippen LogP contribution in [0.1, 0.15) is 31.6 Å². The standard InChI is InChI=1S/C25H27N3O4S/c1-31-21-9-7-18(8-10-21)22(28-11-13-32-14-12-28)17-26-24(29)19-4-2-5-20(16-19)27-25(30)23-6-3-15-33-23/h2-10,15-16,22H,11-14,17H2,1H3,(H,26,29)(H,27,30). The fourth-order valence-corrected chi connectivity index (χ4v) is 4.42. The first-order chi connectivity index (χ1) is 16.1. The summed E-state index contributed by atoms with van der Waals surface area (Å²) in [6.45, 7) is 3.41. The molecular formula is C25H27N3O4S. The summed E-state index contributed by atoms with van der Waals surface area (Å²) in [6.07, 6.45) is 0. The van der Waals surface area contributed by atoms with Gasteiger partial charge in [-0.3, -0.25) is 14.5 Å². The number of thiophene rings is 1. The highest BCUT2D eigenvalue weighted by molar-refractivity contribution is 7.12. The van der Waals surface area contributed by atoms with Gasteiger partial charge in [0.25, 0.3) is 11.8 Å². The maximum atomic E-state index is 12.9. The molecule has 1 aliphatic heterocycles. The van der Waals surface area contributed by atoms with E-state index in [9.17, 15) is 9.59 Å². The molecule has 0 bridgehead atoms. The second-order valence-electron chi connectivity index (χ2n) is 7.66. The molecule has 4 rings (SSSR count). The molecule has 8 heteroatoms. The molecule has 1 atom stereocenters. The van der Waals surface area contributed by atoms with Crippen molar-refractivity contribution >= 4 is 28.8 Å². The first-order valence-corrected chi connectivity index (χ1v) is 11.7. The van der Waals surface area contributed by atoms with E-state index in [2.05, 4.69) is 15.5 Å². The first-order valence-electron chi connectivity index (χ1n) is 10.8.